The number of rotatable bonds is 14. The van der Waals surface area contributed by atoms with Gasteiger partial charge in [0.2, 0.25) is 0 Å². The first-order valence-corrected chi connectivity index (χ1v) is 10.3. The number of aryl methyl sites for hydroxylation is 1. The van der Waals surface area contributed by atoms with Crippen LogP contribution in [0.5, 0.6) is 0 Å². The molecule has 2 atom stereocenters. The lowest BCUT2D eigenvalue weighted by molar-refractivity contribution is -0.140. The Kier molecular flexibility index (Phi) is 11.2. The summed E-state index contributed by atoms with van der Waals surface area (Å²) < 4.78 is 0. The number of urea groups is 1. The number of carboxylic acids is 3. The maximum Gasteiger partial charge on any atom is 0.326 e. The van der Waals surface area contributed by atoms with Gasteiger partial charge in [0.05, 0.1) is 0 Å². The van der Waals surface area contributed by atoms with E-state index in [2.05, 4.69) is 16.0 Å². The van der Waals surface area contributed by atoms with Gasteiger partial charge in [-0.25, -0.2) is 14.4 Å². The van der Waals surface area contributed by atoms with Crippen LogP contribution in [-0.4, -0.2) is 63.8 Å². The lowest BCUT2D eigenvalue weighted by Gasteiger charge is -2.18. The highest BCUT2D eigenvalue weighted by Gasteiger charge is 2.24. The summed E-state index contributed by atoms with van der Waals surface area (Å²) in [5, 5.41) is 33.9. The van der Waals surface area contributed by atoms with Gasteiger partial charge in [0.25, 0.3) is 5.91 Å². The molecule has 11 nitrogen and oxygen atoms in total. The molecule has 6 N–H and O–H groups in total. The summed E-state index contributed by atoms with van der Waals surface area (Å²) in [4.78, 5) is 57.1. The van der Waals surface area contributed by atoms with Gasteiger partial charge in [-0.2, -0.15) is 0 Å². The fourth-order valence-electron chi connectivity index (χ4n) is 2.81. The Balaban J connectivity index is 2.41. The zero-order chi connectivity index (χ0) is 24.1. The molecule has 0 saturated heterocycles. The molecule has 1 aromatic rings. The van der Waals surface area contributed by atoms with Crippen LogP contribution in [0.25, 0.3) is 0 Å². The van der Waals surface area contributed by atoms with Gasteiger partial charge in [0.15, 0.2) is 0 Å². The topological polar surface area (TPSA) is 182 Å². The molecule has 0 saturated carbocycles. The molecule has 32 heavy (non-hydrogen) atoms. The van der Waals surface area contributed by atoms with Crippen molar-refractivity contribution in [1.29, 1.82) is 0 Å². The van der Waals surface area contributed by atoms with E-state index < -0.39 is 42.4 Å². The maximum absolute atomic E-state index is 12.1. The van der Waals surface area contributed by atoms with Crippen LogP contribution in [-0.2, 0) is 20.8 Å². The van der Waals surface area contributed by atoms with Crippen molar-refractivity contribution in [2.24, 2.45) is 0 Å². The minimum atomic E-state index is -1.46. The zero-order valence-electron chi connectivity index (χ0n) is 17.8. The van der Waals surface area contributed by atoms with Crippen molar-refractivity contribution < 1.29 is 39.3 Å². The van der Waals surface area contributed by atoms with E-state index in [9.17, 15) is 29.1 Å². The second-order valence-electron chi connectivity index (χ2n) is 7.13. The predicted molar refractivity (Wildman–Crippen MR) is 113 cm³/mol. The van der Waals surface area contributed by atoms with Gasteiger partial charge in [-0.1, -0.05) is 19.1 Å². The molecule has 0 bridgehead atoms. The van der Waals surface area contributed by atoms with Crippen LogP contribution in [0.2, 0.25) is 0 Å². The first kappa shape index (κ1) is 26.4. The van der Waals surface area contributed by atoms with Crippen molar-refractivity contribution in [3.05, 3.63) is 35.4 Å². The van der Waals surface area contributed by atoms with Gasteiger partial charge in [0, 0.05) is 18.5 Å². The van der Waals surface area contributed by atoms with E-state index in [0.717, 1.165) is 12.0 Å². The molecule has 3 amide bonds. The number of hydrogen-bond acceptors (Lipinski definition) is 5. The van der Waals surface area contributed by atoms with Gasteiger partial charge in [-0.3, -0.25) is 9.59 Å². The number of unbranched alkanes of at least 4 members (excludes halogenated alkanes) is 1. The Morgan fingerprint density at radius 1 is 0.844 bits per heavy atom. The third-order valence-electron chi connectivity index (χ3n) is 4.68. The van der Waals surface area contributed by atoms with Crippen LogP contribution in [0.1, 0.15) is 54.9 Å². The molecule has 0 heterocycles. The summed E-state index contributed by atoms with van der Waals surface area (Å²) in [6.45, 7) is 2.34. The highest BCUT2D eigenvalue weighted by Crippen LogP contribution is 2.06. The standard InChI is InChI=1S/C21H29N3O8/c1-2-13-6-8-14(9-7-13)18(27)22-12-4-3-5-15(19(28)29)23-21(32)24-16(20(30)31)10-11-17(25)26/h6-9,15-16H,2-5,10-12H2,1H3,(H,22,27)(H,25,26)(H,28,29)(H,30,31)(H2,23,24,32). The molecule has 0 aliphatic heterocycles. The molecule has 0 spiro atoms. The number of carbonyl (C=O) groups excluding carboxylic acids is 2. The van der Waals surface area contributed by atoms with Gasteiger partial charge >= 0.3 is 23.9 Å². The van der Waals surface area contributed by atoms with Crippen molar-refractivity contribution in [2.45, 2.75) is 57.5 Å². The zero-order valence-corrected chi connectivity index (χ0v) is 17.8. The van der Waals surface area contributed by atoms with E-state index >= 15 is 0 Å². The fraction of sp³-hybridized carbons (Fsp3) is 0.476. The molecule has 176 valence electrons. The molecule has 1 aromatic carbocycles. The minimum absolute atomic E-state index is 0.0662. The quantitative estimate of drug-likeness (QED) is 0.228. The highest BCUT2D eigenvalue weighted by atomic mass is 16.4. The number of nitrogens with one attached hydrogen (secondary N) is 3. The largest absolute Gasteiger partial charge is 0.481 e. The number of carbonyl (C=O) groups is 5. The number of aliphatic carboxylic acids is 3. The smallest absolute Gasteiger partial charge is 0.326 e. The summed E-state index contributed by atoms with van der Waals surface area (Å²) in [6.07, 6.45) is 0.995. The van der Waals surface area contributed by atoms with E-state index in [0.29, 0.717) is 24.9 Å². The number of benzene rings is 1. The molecule has 1 rings (SSSR count). The molecular formula is C21H29N3O8. The average Bonchev–Trinajstić information content (AvgIpc) is 2.74. The molecule has 0 radical (unpaired) electrons. The van der Waals surface area contributed by atoms with Crippen molar-refractivity contribution in [3.63, 3.8) is 0 Å². The fourth-order valence-corrected chi connectivity index (χ4v) is 2.81. The highest BCUT2D eigenvalue weighted by molar-refractivity contribution is 5.94. The molecule has 0 fully saturated rings. The summed E-state index contributed by atoms with van der Waals surface area (Å²) in [7, 11) is 0. The van der Waals surface area contributed by atoms with E-state index in [1.807, 2.05) is 19.1 Å². The number of hydrogen-bond donors (Lipinski definition) is 6. The molecule has 2 unspecified atom stereocenters. The lowest BCUT2D eigenvalue weighted by Crippen LogP contribution is -2.51. The Bertz CT molecular complexity index is 810. The average molecular weight is 451 g/mol. The SMILES string of the molecule is CCc1ccc(C(=O)NCCCCC(NC(=O)NC(CCC(=O)O)C(=O)O)C(=O)O)cc1. The Morgan fingerprint density at radius 3 is 1.91 bits per heavy atom. The van der Waals surface area contributed by atoms with Crippen LogP contribution in [0, 0.1) is 0 Å². The Morgan fingerprint density at radius 2 is 1.41 bits per heavy atom. The Labute approximate surface area is 185 Å². The monoisotopic (exact) mass is 451 g/mol. The van der Waals surface area contributed by atoms with Crippen LogP contribution < -0.4 is 16.0 Å². The lowest BCUT2D eigenvalue weighted by atomic mass is 10.1. The van der Waals surface area contributed by atoms with Crippen molar-refractivity contribution in [3.8, 4) is 0 Å². The summed E-state index contributed by atoms with van der Waals surface area (Å²) in [6, 6.07) is 3.48. The first-order valence-electron chi connectivity index (χ1n) is 10.3. The molecule has 0 aromatic heterocycles. The summed E-state index contributed by atoms with van der Waals surface area (Å²) >= 11 is 0. The maximum atomic E-state index is 12.1. The summed E-state index contributed by atoms with van der Waals surface area (Å²) in [5.74, 6) is -4.17. The van der Waals surface area contributed by atoms with Crippen LogP contribution in [0.15, 0.2) is 24.3 Å². The van der Waals surface area contributed by atoms with E-state index in [1.165, 1.54) is 0 Å². The van der Waals surface area contributed by atoms with Gasteiger partial charge in [0.1, 0.15) is 12.1 Å². The van der Waals surface area contributed by atoms with Gasteiger partial charge in [-0.05, 0) is 49.8 Å². The predicted octanol–water partition coefficient (Wildman–Crippen LogP) is 1.22. The number of amides is 3. The van der Waals surface area contributed by atoms with Crippen molar-refractivity contribution >= 4 is 29.8 Å². The van der Waals surface area contributed by atoms with Crippen LogP contribution >= 0.6 is 0 Å². The second kappa shape index (κ2) is 13.6. The van der Waals surface area contributed by atoms with Crippen molar-refractivity contribution in [1.82, 2.24) is 16.0 Å². The van der Waals surface area contributed by atoms with Crippen LogP contribution in [0.4, 0.5) is 4.79 Å². The van der Waals surface area contributed by atoms with Crippen LogP contribution in [0.3, 0.4) is 0 Å². The van der Waals surface area contributed by atoms with E-state index in [4.69, 9.17) is 10.2 Å². The second-order valence-corrected chi connectivity index (χ2v) is 7.13. The van der Waals surface area contributed by atoms with E-state index in [1.54, 1.807) is 12.1 Å². The Hall–Kier alpha value is -3.63. The normalized spacial score (nSPS) is 12.3. The van der Waals surface area contributed by atoms with Crippen molar-refractivity contribution in [2.75, 3.05) is 6.54 Å². The third-order valence-corrected chi connectivity index (χ3v) is 4.68. The summed E-state index contributed by atoms with van der Waals surface area (Å²) in [5.41, 5.74) is 1.65. The molecular weight excluding hydrogens is 422 g/mol. The molecule has 11 heteroatoms. The molecule has 0 aliphatic carbocycles. The molecule has 0 aliphatic rings. The first-order chi connectivity index (χ1) is 15.1. The van der Waals surface area contributed by atoms with E-state index in [-0.39, 0.29) is 18.7 Å². The number of carboxylic acid groups (broad SMARTS) is 3. The van der Waals surface area contributed by atoms with Gasteiger partial charge < -0.3 is 31.3 Å². The third kappa shape index (κ3) is 9.92. The van der Waals surface area contributed by atoms with Gasteiger partial charge in [-0.15, -0.1) is 0 Å². The minimum Gasteiger partial charge on any atom is -0.481 e.